The van der Waals surface area contributed by atoms with E-state index >= 15 is 0 Å². The molecule has 0 aliphatic carbocycles. The molecule has 1 aromatic carbocycles. The van der Waals surface area contributed by atoms with E-state index in [0.29, 0.717) is 17.3 Å². The molecule has 0 radical (unpaired) electrons. The molecule has 0 heterocycles. The van der Waals surface area contributed by atoms with Crippen LogP contribution in [0.1, 0.15) is 20.3 Å². The van der Waals surface area contributed by atoms with Gasteiger partial charge >= 0.3 is 5.97 Å². The summed E-state index contributed by atoms with van der Waals surface area (Å²) in [6, 6.07) is 3.91. The zero-order valence-electron chi connectivity index (χ0n) is 13.8. The van der Waals surface area contributed by atoms with Gasteiger partial charge in [0.2, 0.25) is 5.91 Å². The molecule has 0 aromatic heterocycles. The second-order valence-electron chi connectivity index (χ2n) is 5.23. The first-order valence-corrected chi connectivity index (χ1v) is 8.57. The molecule has 6 nitrogen and oxygen atoms in total. The molecule has 1 unspecified atom stereocenters. The number of halogens is 2. The molecule has 1 aromatic rings. The summed E-state index contributed by atoms with van der Waals surface area (Å²) in [7, 11) is 0. The normalized spacial score (nSPS) is 12.2. The molecule has 1 rings (SSSR count). The third kappa shape index (κ3) is 6.65. The molecule has 8 heteroatoms. The Kier molecular flexibility index (Phi) is 9.07. The molecule has 134 valence electrons. The van der Waals surface area contributed by atoms with Crippen LogP contribution in [0.25, 0.3) is 0 Å². The van der Waals surface area contributed by atoms with Crippen LogP contribution in [0, 0.1) is 0 Å². The monoisotopic (exact) mass is 375 g/mol. The molecule has 24 heavy (non-hydrogen) atoms. The second kappa shape index (κ2) is 10.5. The fourth-order valence-corrected chi connectivity index (χ4v) is 2.52. The van der Waals surface area contributed by atoms with Gasteiger partial charge in [0.25, 0.3) is 0 Å². The number of anilines is 1. The van der Waals surface area contributed by atoms with Crippen molar-refractivity contribution < 1.29 is 14.7 Å². The van der Waals surface area contributed by atoms with Gasteiger partial charge in [0, 0.05) is 13.1 Å². The van der Waals surface area contributed by atoms with E-state index in [1.165, 1.54) is 0 Å². The maximum atomic E-state index is 12.1. The number of rotatable bonds is 10. The minimum Gasteiger partial charge on any atom is -0.480 e. The lowest BCUT2D eigenvalue weighted by Gasteiger charge is -2.20. The quantitative estimate of drug-likeness (QED) is 0.585. The third-order valence-corrected chi connectivity index (χ3v) is 4.45. The van der Waals surface area contributed by atoms with Crippen LogP contribution in [0.5, 0.6) is 0 Å². The Morgan fingerprint density at radius 1 is 1.25 bits per heavy atom. The Bertz CT molecular complexity index is 565. The van der Waals surface area contributed by atoms with Crippen LogP contribution in [0.3, 0.4) is 0 Å². The van der Waals surface area contributed by atoms with Crippen LogP contribution in [-0.4, -0.2) is 54.1 Å². The summed E-state index contributed by atoms with van der Waals surface area (Å²) in [5.41, 5.74) is 0.362. The van der Waals surface area contributed by atoms with Gasteiger partial charge in [-0.1, -0.05) is 43.1 Å². The molecule has 0 saturated heterocycles. The van der Waals surface area contributed by atoms with Crippen molar-refractivity contribution in [2.45, 2.75) is 26.3 Å². The first-order chi connectivity index (χ1) is 11.4. The van der Waals surface area contributed by atoms with Crippen molar-refractivity contribution in [1.29, 1.82) is 0 Å². The summed E-state index contributed by atoms with van der Waals surface area (Å²) >= 11 is 11.9. The van der Waals surface area contributed by atoms with Crippen LogP contribution in [-0.2, 0) is 9.59 Å². The zero-order chi connectivity index (χ0) is 18.1. The van der Waals surface area contributed by atoms with E-state index in [1.807, 2.05) is 13.8 Å². The molecule has 0 aliphatic heterocycles. The topological polar surface area (TPSA) is 81.7 Å². The van der Waals surface area contributed by atoms with Crippen LogP contribution in [0.15, 0.2) is 18.2 Å². The molecule has 0 saturated carbocycles. The van der Waals surface area contributed by atoms with Crippen molar-refractivity contribution in [3.63, 3.8) is 0 Å². The van der Waals surface area contributed by atoms with Crippen molar-refractivity contribution in [2.75, 3.05) is 31.5 Å². The van der Waals surface area contributed by atoms with Gasteiger partial charge < -0.3 is 20.6 Å². The number of benzene rings is 1. The Morgan fingerprint density at radius 2 is 1.92 bits per heavy atom. The van der Waals surface area contributed by atoms with Gasteiger partial charge in [0.1, 0.15) is 6.04 Å². The van der Waals surface area contributed by atoms with Gasteiger partial charge in [-0.3, -0.25) is 9.59 Å². The molecule has 0 aliphatic rings. The van der Waals surface area contributed by atoms with Gasteiger partial charge in [-0.15, -0.1) is 0 Å². The standard InChI is InChI=1S/C16H23Cl2N3O3/c1-3-21(4-2)9-8-19-13(16(23)24)10-14(22)20-12-7-5-6-11(17)15(12)18/h5-7,13,19H,3-4,8-10H2,1-2H3,(H,20,22)(H,23,24). The molecule has 3 N–H and O–H groups in total. The fourth-order valence-electron chi connectivity index (χ4n) is 2.17. The number of carbonyl (C=O) groups excluding carboxylic acids is 1. The number of likely N-dealkylation sites (N-methyl/N-ethyl adjacent to an activating group) is 1. The number of nitrogens with zero attached hydrogens (tertiary/aromatic N) is 1. The maximum absolute atomic E-state index is 12.1. The largest absolute Gasteiger partial charge is 0.480 e. The smallest absolute Gasteiger partial charge is 0.321 e. The summed E-state index contributed by atoms with van der Waals surface area (Å²) in [5.74, 6) is -1.51. The van der Waals surface area contributed by atoms with Gasteiger partial charge in [-0.2, -0.15) is 0 Å². The molecular weight excluding hydrogens is 353 g/mol. The number of amides is 1. The number of hydrogen-bond donors (Lipinski definition) is 3. The van der Waals surface area contributed by atoms with E-state index < -0.39 is 17.9 Å². The molecule has 0 fully saturated rings. The molecule has 1 atom stereocenters. The van der Waals surface area contributed by atoms with Gasteiger partial charge in [-0.25, -0.2) is 0 Å². The number of aliphatic carboxylic acids is 1. The Balaban J connectivity index is 2.56. The van der Waals surface area contributed by atoms with Crippen LogP contribution in [0.4, 0.5) is 5.69 Å². The molecule has 0 bridgehead atoms. The van der Waals surface area contributed by atoms with Crippen molar-refractivity contribution in [3.05, 3.63) is 28.2 Å². The third-order valence-electron chi connectivity index (χ3n) is 3.63. The number of hydrogen-bond acceptors (Lipinski definition) is 4. The second-order valence-corrected chi connectivity index (χ2v) is 6.01. The summed E-state index contributed by atoms with van der Waals surface area (Å²) in [6.45, 7) is 7.08. The first kappa shape index (κ1) is 20.7. The van der Waals surface area contributed by atoms with E-state index in [9.17, 15) is 14.7 Å². The highest BCUT2D eigenvalue weighted by Crippen LogP contribution is 2.29. The summed E-state index contributed by atoms with van der Waals surface area (Å²) in [6.07, 6.45) is -0.198. The molecule has 1 amide bonds. The lowest BCUT2D eigenvalue weighted by molar-refractivity contribution is -0.141. The van der Waals surface area contributed by atoms with E-state index in [4.69, 9.17) is 23.2 Å². The average Bonchev–Trinajstić information content (AvgIpc) is 2.54. The molecular formula is C16H23Cl2N3O3. The number of carboxylic acid groups (broad SMARTS) is 1. The van der Waals surface area contributed by atoms with Gasteiger partial charge in [0.05, 0.1) is 22.2 Å². The number of carbonyl (C=O) groups is 2. The number of carboxylic acids is 1. The van der Waals surface area contributed by atoms with Crippen LogP contribution in [0.2, 0.25) is 10.0 Å². The summed E-state index contributed by atoms with van der Waals surface area (Å²) < 4.78 is 0. The van der Waals surface area contributed by atoms with E-state index in [0.717, 1.165) is 19.6 Å². The Hall–Kier alpha value is -1.34. The van der Waals surface area contributed by atoms with Crippen LogP contribution < -0.4 is 10.6 Å². The van der Waals surface area contributed by atoms with Crippen LogP contribution >= 0.6 is 23.2 Å². The lowest BCUT2D eigenvalue weighted by Crippen LogP contribution is -2.43. The minimum atomic E-state index is -1.07. The van der Waals surface area contributed by atoms with E-state index in [1.54, 1.807) is 18.2 Å². The van der Waals surface area contributed by atoms with Crippen molar-refractivity contribution in [3.8, 4) is 0 Å². The first-order valence-electron chi connectivity index (χ1n) is 7.81. The van der Waals surface area contributed by atoms with Gasteiger partial charge in [-0.05, 0) is 25.2 Å². The van der Waals surface area contributed by atoms with Gasteiger partial charge in [0.15, 0.2) is 0 Å². The average molecular weight is 376 g/mol. The lowest BCUT2D eigenvalue weighted by atomic mass is 10.2. The number of nitrogens with one attached hydrogen (secondary N) is 2. The van der Waals surface area contributed by atoms with E-state index in [-0.39, 0.29) is 11.4 Å². The summed E-state index contributed by atoms with van der Waals surface area (Å²) in [5, 5.41) is 15.3. The fraction of sp³-hybridized carbons (Fsp3) is 0.500. The Labute approximate surface area is 152 Å². The SMILES string of the molecule is CCN(CC)CCNC(CC(=O)Nc1cccc(Cl)c1Cl)C(=O)O. The highest BCUT2D eigenvalue weighted by molar-refractivity contribution is 6.43. The minimum absolute atomic E-state index is 0.198. The highest BCUT2D eigenvalue weighted by Gasteiger charge is 2.21. The maximum Gasteiger partial charge on any atom is 0.321 e. The highest BCUT2D eigenvalue weighted by atomic mass is 35.5. The molecule has 0 spiro atoms. The predicted molar refractivity (Wildman–Crippen MR) is 96.9 cm³/mol. The van der Waals surface area contributed by atoms with E-state index in [2.05, 4.69) is 15.5 Å². The Morgan fingerprint density at radius 3 is 2.50 bits per heavy atom. The summed E-state index contributed by atoms with van der Waals surface area (Å²) in [4.78, 5) is 25.6. The predicted octanol–water partition coefficient (Wildman–Crippen LogP) is 2.71. The zero-order valence-corrected chi connectivity index (χ0v) is 15.3. The van der Waals surface area contributed by atoms with Crippen molar-refractivity contribution >= 4 is 40.8 Å². The van der Waals surface area contributed by atoms with Crippen molar-refractivity contribution in [1.82, 2.24) is 10.2 Å². The van der Waals surface area contributed by atoms with Crippen molar-refractivity contribution in [2.24, 2.45) is 0 Å².